The molecule has 150 valence electrons. The Morgan fingerprint density at radius 3 is 2.39 bits per heavy atom. The van der Waals surface area contributed by atoms with Crippen LogP contribution in [0.4, 0.5) is 0 Å². The molecule has 0 bridgehead atoms. The first-order valence-corrected chi connectivity index (χ1v) is 11.8. The van der Waals surface area contributed by atoms with Crippen molar-refractivity contribution in [3.8, 4) is 0 Å². The van der Waals surface area contributed by atoms with Gasteiger partial charge >= 0.3 is 0 Å². The second-order valence-electron chi connectivity index (χ2n) is 8.55. The van der Waals surface area contributed by atoms with Gasteiger partial charge in [0, 0.05) is 39.8 Å². The van der Waals surface area contributed by atoms with E-state index in [0.29, 0.717) is 29.8 Å². The van der Waals surface area contributed by atoms with Gasteiger partial charge < -0.3 is 0 Å². The van der Waals surface area contributed by atoms with Crippen LogP contribution in [0.1, 0.15) is 29.8 Å². The maximum atomic E-state index is 12.9. The van der Waals surface area contributed by atoms with Gasteiger partial charge in [0.2, 0.25) is 10.0 Å². The molecule has 2 aliphatic heterocycles. The highest BCUT2D eigenvalue weighted by molar-refractivity contribution is 7.89. The van der Waals surface area contributed by atoms with Gasteiger partial charge in [-0.2, -0.15) is 9.40 Å². The molecule has 7 heteroatoms. The van der Waals surface area contributed by atoms with Gasteiger partial charge in [-0.25, -0.2) is 8.42 Å². The molecule has 3 aliphatic rings. The topological polar surface area (TPSA) is 58.4 Å². The van der Waals surface area contributed by atoms with E-state index in [2.05, 4.69) is 16.6 Å². The highest BCUT2D eigenvalue weighted by Gasteiger charge is 2.44. The predicted octanol–water partition coefficient (Wildman–Crippen LogP) is 2.05. The molecule has 1 aliphatic carbocycles. The van der Waals surface area contributed by atoms with Crippen LogP contribution in [0.2, 0.25) is 0 Å². The number of likely N-dealkylation sites (tertiary alicyclic amines) is 1. The molecule has 2 unspecified atom stereocenters. The van der Waals surface area contributed by atoms with Crippen LogP contribution < -0.4 is 0 Å². The number of aromatic nitrogens is 2. The molecule has 2 atom stereocenters. The van der Waals surface area contributed by atoms with Crippen LogP contribution in [0, 0.1) is 11.8 Å². The number of hydrogen-bond acceptors (Lipinski definition) is 4. The molecule has 28 heavy (non-hydrogen) atoms. The van der Waals surface area contributed by atoms with Gasteiger partial charge in [0.1, 0.15) is 0 Å². The summed E-state index contributed by atoms with van der Waals surface area (Å²) in [6.45, 7) is 4.18. The Labute approximate surface area is 167 Å². The first-order chi connectivity index (χ1) is 13.5. The zero-order chi connectivity index (χ0) is 19.3. The predicted molar refractivity (Wildman–Crippen MR) is 107 cm³/mol. The highest BCUT2D eigenvalue weighted by atomic mass is 32.2. The zero-order valence-electron chi connectivity index (χ0n) is 16.4. The van der Waals surface area contributed by atoms with Crippen LogP contribution in [0.3, 0.4) is 0 Å². The Hall–Kier alpha value is -1.70. The van der Waals surface area contributed by atoms with Crippen LogP contribution in [0.5, 0.6) is 0 Å². The second kappa shape index (κ2) is 6.97. The van der Waals surface area contributed by atoms with E-state index in [1.807, 2.05) is 6.07 Å². The summed E-state index contributed by atoms with van der Waals surface area (Å²) in [7, 11) is -1.30. The molecule has 2 aromatic rings. The first-order valence-electron chi connectivity index (χ1n) is 10.3. The van der Waals surface area contributed by atoms with E-state index in [1.54, 1.807) is 28.6 Å². The summed E-state index contributed by atoms with van der Waals surface area (Å²) in [6, 6.07) is 8.83. The summed E-state index contributed by atoms with van der Waals surface area (Å²) in [5, 5.41) is 4.75. The van der Waals surface area contributed by atoms with Gasteiger partial charge in [0.05, 0.1) is 16.3 Å². The third-order valence-corrected chi connectivity index (χ3v) is 8.58. The van der Waals surface area contributed by atoms with Gasteiger partial charge in [-0.1, -0.05) is 18.2 Å². The van der Waals surface area contributed by atoms with Crippen LogP contribution in [-0.2, 0) is 36.5 Å². The summed E-state index contributed by atoms with van der Waals surface area (Å²) in [6.07, 6.45) is 4.79. The van der Waals surface area contributed by atoms with Crippen molar-refractivity contribution in [1.82, 2.24) is 19.0 Å². The lowest BCUT2D eigenvalue weighted by Gasteiger charge is -2.22. The number of benzene rings is 1. The maximum Gasteiger partial charge on any atom is 0.243 e. The zero-order valence-corrected chi connectivity index (χ0v) is 17.2. The van der Waals surface area contributed by atoms with E-state index in [1.165, 1.54) is 29.8 Å². The smallest absolute Gasteiger partial charge is 0.243 e. The fraction of sp³-hybridized carbons (Fsp3) is 0.571. The van der Waals surface area contributed by atoms with Crippen molar-refractivity contribution >= 4 is 10.0 Å². The molecule has 3 heterocycles. The minimum Gasteiger partial charge on any atom is -0.297 e. The fourth-order valence-electron chi connectivity index (χ4n) is 5.27. The molecule has 2 saturated heterocycles. The second-order valence-corrected chi connectivity index (χ2v) is 10.5. The first kappa shape index (κ1) is 18.3. The van der Waals surface area contributed by atoms with E-state index in [4.69, 9.17) is 5.10 Å². The van der Waals surface area contributed by atoms with Crippen LogP contribution in [0.15, 0.2) is 35.2 Å². The lowest BCUT2D eigenvalue weighted by Crippen LogP contribution is -2.33. The standard InChI is InChI=1S/C21H28N4O2S/c1-23-21(19-9-5-6-10-20(19)22-23)15-24-11-16-13-25(14-17(16)12-24)28(26,27)18-7-3-2-4-8-18/h2-4,7-8,16-17H,5-6,9-15H2,1H3. The van der Waals surface area contributed by atoms with Crippen molar-refractivity contribution in [2.24, 2.45) is 18.9 Å². The van der Waals surface area contributed by atoms with Gasteiger partial charge in [0.15, 0.2) is 0 Å². The van der Waals surface area contributed by atoms with Crippen molar-refractivity contribution in [3.63, 3.8) is 0 Å². The molecule has 0 N–H and O–H groups in total. The Morgan fingerprint density at radius 1 is 1.00 bits per heavy atom. The van der Waals surface area contributed by atoms with E-state index in [0.717, 1.165) is 32.5 Å². The molecule has 5 rings (SSSR count). The lowest BCUT2D eigenvalue weighted by atomic mass is 9.96. The average Bonchev–Trinajstić information content (AvgIpc) is 3.35. The fourth-order valence-corrected chi connectivity index (χ4v) is 6.85. The van der Waals surface area contributed by atoms with Gasteiger partial charge in [0.25, 0.3) is 0 Å². The van der Waals surface area contributed by atoms with Crippen molar-refractivity contribution in [2.45, 2.75) is 37.1 Å². The van der Waals surface area contributed by atoms with E-state index in [-0.39, 0.29) is 0 Å². The quantitative estimate of drug-likeness (QED) is 0.788. The Morgan fingerprint density at radius 2 is 1.68 bits per heavy atom. The molecule has 0 amide bonds. The van der Waals surface area contributed by atoms with Gasteiger partial charge in [-0.05, 0) is 55.2 Å². The van der Waals surface area contributed by atoms with Crippen molar-refractivity contribution in [3.05, 3.63) is 47.3 Å². The van der Waals surface area contributed by atoms with Gasteiger partial charge in [-0.15, -0.1) is 0 Å². The molecule has 0 spiro atoms. The SMILES string of the molecule is Cn1nc2c(c1CN1CC3CN(S(=O)(=O)c4ccccc4)CC3C1)CCCC2. The average molecular weight is 401 g/mol. The maximum absolute atomic E-state index is 12.9. The van der Waals surface area contributed by atoms with Crippen molar-refractivity contribution in [1.29, 1.82) is 0 Å². The Bertz CT molecular complexity index is 956. The number of hydrogen-bond donors (Lipinski definition) is 0. The van der Waals surface area contributed by atoms with E-state index >= 15 is 0 Å². The van der Waals surface area contributed by atoms with Crippen LogP contribution >= 0.6 is 0 Å². The number of aryl methyl sites for hydroxylation is 2. The third kappa shape index (κ3) is 3.09. The minimum absolute atomic E-state index is 0.411. The van der Waals surface area contributed by atoms with E-state index < -0.39 is 10.0 Å². The number of rotatable bonds is 4. The summed E-state index contributed by atoms with van der Waals surface area (Å²) in [5.41, 5.74) is 4.13. The molecular weight excluding hydrogens is 372 g/mol. The summed E-state index contributed by atoms with van der Waals surface area (Å²) < 4.78 is 29.6. The number of sulfonamides is 1. The lowest BCUT2D eigenvalue weighted by molar-refractivity contribution is 0.281. The monoisotopic (exact) mass is 400 g/mol. The Balaban J connectivity index is 1.26. The highest BCUT2D eigenvalue weighted by Crippen LogP contribution is 2.35. The number of fused-ring (bicyclic) bond motifs is 2. The molecule has 2 fully saturated rings. The number of nitrogens with zero attached hydrogens (tertiary/aromatic N) is 4. The molecule has 0 saturated carbocycles. The Kier molecular flexibility index (Phi) is 4.56. The molecule has 1 aromatic heterocycles. The van der Waals surface area contributed by atoms with Crippen LogP contribution in [0.25, 0.3) is 0 Å². The summed E-state index contributed by atoms with van der Waals surface area (Å²) >= 11 is 0. The third-order valence-electron chi connectivity index (χ3n) is 6.73. The largest absolute Gasteiger partial charge is 0.297 e. The van der Waals surface area contributed by atoms with Crippen molar-refractivity contribution in [2.75, 3.05) is 26.2 Å². The van der Waals surface area contributed by atoms with E-state index in [9.17, 15) is 8.42 Å². The van der Waals surface area contributed by atoms with Crippen LogP contribution in [-0.4, -0.2) is 53.6 Å². The molecular formula is C21H28N4O2S. The molecule has 1 aromatic carbocycles. The molecule has 0 radical (unpaired) electrons. The normalized spacial score (nSPS) is 25.8. The summed E-state index contributed by atoms with van der Waals surface area (Å²) in [4.78, 5) is 2.92. The summed E-state index contributed by atoms with van der Waals surface area (Å²) in [5.74, 6) is 0.866. The minimum atomic E-state index is -3.37. The van der Waals surface area contributed by atoms with Crippen molar-refractivity contribution < 1.29 is 8.42 Å². The van der Waals surface area contributed by atoms with Gasteiger partial charge in [-0.3, -0.25) is 9.58 Å². The molecule has 6 nitrogen and oxygen atoms in total.